The fraction of sp³-hybridized carbons (Fsp3) is 0.636. The van der Waals surface area contributed by atoms with Crippen LogP contribution in [0.2, 0.25) is 0 Å². The van der Waals surface area contributed by atoms with Gasteiger partial charge in [0.1, 0.15) is 23.0 Å². The Morgan fingerprint density at radius 3 is 2.56 bits per heavy atom. The van der Waals surface area contributed by atoms with E-state index in [1.807, 2.05) is 6.92 Å². The van der Waals surface area contributed by atoms with Crippen molar-refractivity contribution >= 4 is 11.6 Å². The molecule has 0 bridgehead atoms. The fourth-order valence-corrected chi connectivity index (χ4v) is 1.77. The monoisotopic (exact) mass is 260 g/mol. The number of nitrogen functional groups attached to an aromatic ring is 1. The highest BCUT2D eigenvalue weighted by atomic mass is 19.4. The van der Waals surface area contributed by atoms with Crippen LogP contribution in [0.15, 0.2) is 6.07 Å². The number of hydrogen-bond acceptors (Lipinski definition) is 4. The van der Waals surface area contributed by atoms with E-state index in [9.17, 15) is 13.2 Å². The summed E-state index contributed by atoms with van der Waals surface area (Å²) in [6, 6.07) is 1.34. The van der Waals surface area contributed by atoms with Crippen molar-refractivity contribution in [3.8, 4) is 0 Å². The molecule has 18 heavy (non-hydrogen) atoms. The van der Waals surface area contributed by atoms with Crippen LogP contribution in [-0.4, -0.2) is 21.7 Å². The summed E-state index contributed by atoms with van der Waals surface area (Å²) in [5.41, 5.74) is 3.74. The molecule has 2 rings (SSSR count). The average Bonchev–Trinajstić information content (AvgIpc) is 2.97. The molecular formula is C11H15F3N4. The van der Waals surface area contributed by atoms with E-state index in [0.29, 0.717) is 12.2 Å². The summed E-state index contributed by atoms with van der Waals surface area (Å²) in [4.78, 5) is 8.04. The molecular weight excluding hydrogens is 245 g/mol. The molecule has 0 saturated heterocycles. The number of nitrogens with zero attached hydrogens (tertiary/aromatic N) is 2. The lowest BCUT2D eigenvalue weighted by molar-refractivity contribution is -0.151. The third-order valence-corrected chi connectivity index (χ3v) is 2.93. The topological polar surface area (TPSA) is 63.8 Å². The summed E-state index contributed by atoms with van der Waals surface area (Å²) in [5, 5.41) is 2.45. The third-order valence-electron chi connectivity index (χ3n) is 2.93. The minimum atomic E-state index is -4.27. The van der Waals surface area contributed by atoms with Crippen LogP contribution in [-0.2, 0) is 6.42 Å². The molecule has 1 aliphatic carbocycles. The van der Waals surface area contributed by atoms with E-state index in [1.165, 1.54) is 6.07 Å². The Balaban J connectivity index is 2.19. The zero-order valence-corrected chi connectivity index (χ0v) is 10.0. The standard InChI is InChI=1S/C11H15F3N4/c1-2-3-8-16-7(15)6-9(17-8)18-10(4-5-10)11(12,13)14/h6H,2-5H2,1H3,(H3,15,16,17,18). The van der Waals surface area contributed by atoms with Gasteiger partial charge < -0.3 is 11.1 Å². The summed E-state index contributed by atoms with van der Waals surface area (Å²) in [7, 11) is 0. The van der Waals surface area contributed by atoms with Gasteiger partial charge in [0.25, 0.3) is 0 Å². The van der Waals surface area contributed by atoms with Crippen LogP contribution in [0.4, 0.5) is 24.8 Å². The summed E-state index contributed by atoms with van der Waals surface area (Å²) in [6.45, 7) is 1.94. The number of anilines is 2. The maximum atomic E-state index is 12.8. The number of rotatable bonds is 4. The van der Waals surface area contributed by atoms with E-state index in [2.05, 4.69) is 15.3 Å². The van der Waals surface area contributed by atoms with Crippen LogP contribution >= 0.6 is 0 Å². The molecule has 3 N–H and O–H groups in total. The minimum absolute atomic E-state index is 0.0729. The van der Waals surface area contributed by atoms with Gasteiger partial charge in [0.05, 0.1) is 0 Å². The first kappa shape index (κ1) is 12.9. The normalized spacial score (nSPS) is 17.6. The van der Waals surface area contributed by atoms with Crippen molar-refractivity contribution < 1.29 is 13.2 Å². The zero-order chi connectivity index (χ0) is 13.4. The highest BCUT2D eigenvalue weighted by Gasteiger charge is 2.63. The summed E-state index contributed by atoms with van der Waals surface area (Å²) >= 11 is 0. The SMILES string of the molecule is CCCc1nc(N)cc(NC2(C(F)(F)F)CC2)n1. The van der Waals surface area contributed by atoms with E-state index in [1.54, 1.807) is 0 Å². The van der Waals surface area contributed by atoms with Crippen LogP contribution in [0.25, 0.3) is 0 Å². The molecule has 100 valence electrons. The largest absolute Gasteiger partial charge is 0.411 e. The summed E-state index contributed by atoms with van der Waals surface area (Å²) in [5.74, 6) is 0.813. The highest BCUT2D eigenvalue weighted by Crippen LogP contribution is 2.50. The van der Waals surface area contributed by atoms with Gasteiger partial charge in [-0.2, -0.15) is 13.2 Å². The number of nitrogens with two attached hydrogens (primary N) is 1. The van der Waals surface area contributed by atoms with Gasteiger partial charge >= 0.3 is 6.18 Å². The molecule has 7 heteroatoms. The number of nitrogens with one attached hydrogen (secondary N) is 1. The van der Waals surface area contributed by atoms with Crippen molar-refractivity contribution in [3.63, 3.8) is 0 Å². The molecule has 0 radical (unpaired) electrons. The second-order valence-corrected chi connectivity index (χ2v) is 4.55. The predicted molar refractivity (Wildman–Crippen MR) is 62.1 cm³/mol. The average molecular weight is 260 g/mol. The second-order valence-electron chi connectivity index (χ2n) is 4.55. The lowest BCUT2D eigenvalue weighted by Crippen LogP contribution is -2.39. The molecule has 1 fully saturated rings. The molecule has 1 saturated carbocycles. The third kappa shape index (κ3) is 2.49. The van der Waals surface area contributed by atoms with E-state index in [-0.39, 0.29) is 24.5 Å². The zero-order valence-electron chi connectivity index (χ0n) is 10.0. The Bertz CT molecular complexity index is 440. The Morgan fingerprint density at radius 2 is 2.06 bits per heavy atom. The van der Waals surface area contributed by atoms with Crippen molar-refractivity contribution in [2.24, 2.45) is 0 Å². The molecule has 4 nitrogen and oxygen atoms in total. The molecule has 0 unspecified atom stereocenters. The maximum absolute atomic E-state index is 12.8. The molecule has 0 spiro atoms. The van der Waals surface area contributed by atoms with Crippen LogP contribution in [0, 0.1) is 0 Å². The highest BCUT2D eigenvalue weighted by molar-refractivity contribution is 5.48. The molecule has 1 heterocycles. The maximum Gasteiger partial charge on any atom is 0.411 e. The van der Waals surface area contributed by atoms with Gasteiger partial charge in [-0.05, 0) is 19.3 Å². The summed E-state index contributed by atoms with van der Waals surface area (Å²) in [6.07, 6.45) is -2.71. The Hall–Kier alpha value is -1.53. The molecule has 1 aromatic heterocycles. The first-order valence-electron chi connectivity index (χ1n) is 5.85. The van der Waals surface area contributed by atoms with Crippen LogP contribution < -0.4 is 11.1 Å². The molecule has 0 aromatic carbocycles. The van der Waals surface area contributed by atoms with Crippen molar-refractivity contribution in [1.82, 2.24) is 9.97 Å². The lowest BCUT2D eigenvalue weighted by Gasteiger charge is -2.21. The van der Waals surface area contributed by atoms with Gasteiger partial charge in [-0.1, -0.05) is 6.92 Å². The van der Waals surface area contributed by atoms with E-state index >= 15 is 0 Å². The molecule has 0 aliphatic heterocycles. The summed E-state index contributed by atoms with van der Waals surface area (Å²) < 4.78 is 38.4. The Kier molecular flexibility index (Phi) is 3.08. The van der Waals surface area contributed by atoms with Crippen LogP contribution in [0.5, 0.6) is 0 Å². The minimum Gasteiger partial charge on any atom is -0.384 e. The second kappa shape index (κ2) is 4.29. The van der Waals surface area contributed by atoms with E-state index in [4.69, 9.17) is 5.73 Å². The molecule has 0 atom stereocenters. The van der Waals surface area contributed by atoms with E-state index < -0.39 is 11.7 Å². The first-order chi connectivity index (χ1) is 8.36. The molecule has 0 amide bonds. The predicted octanol–water partition coefficient (Wildman–Crippen LogP) is 2.52. The van der Waals surface area contributed by atoms with Gasteiger partial charge in [0.15, 0.2) is 0 Å². The van der Waals surface area contributed by atoms with Crippen molar-refractivity contribution in [2.75, 3.05) is 11.1 Å². The van der Waals surface area contributed by atoms with E-state index in [0.717, 1.165) is 6.42 Å². The van der Waals surface area contributed by atoms with Crippen molar-refractivity contribution in [3.05, 3.63) is 11.9 Å². The van der Waals surface area contributed by atoms with Crippen LogP contribution in [0.1, 0.15) is 32.0 Å². The van der Waals surface area contributed by atoms with Crippen molar-refractivity contribution in [1.29, 1.82) is 0 Å². The fourth-order valence-electron chi connectivity index (χ4n) is 1.77. The molecule has 1 aliphatic rings. The Morgan fingerprint density at radius 1 is 1.39 bits per heavy atom. The number of halogens is 3. The number of alkyl halides is 3. The van der Waals surface area contributed by atoms with Gasteiger partial charge in [-0.3, -0.25) is 0 Å². The lowest BCUT2D eigenvalue weighted by atomic mass is 10.2. The van der Waals surface area contributed by atoms with Crippen LogP contribution in [0.3, 0.4) is 0 Å². The smallest absolute Gasteiger partial charge is 0.384 e. The number of aryl methyl sites for hydroxylation is 1. The van der Waals surface area contributed by atoms with Gasteiger partial charge in [-0.25, -0.2) is 9.97 Å². The number of hydrogen-bond donors (Lipinski definition) is 2. The van der Waals surface area contributed by atoms with Gasteiger partial charge in [-0.15, -0.1) is 0 Å². The Labute approximate surface area is 103 Å². The van der Waals surface area contributed by atoms with Crippen molar-refractivity contribution in [2.45, 2.75) is 44.3 Å². The van der Waals surface area contributed by atoms with Gasteiger partial charge in [0.2, 0.25) is 0 Å². The number of aromatic nitrogens is 2. The quantitative estimate of drug-likeness (QED) is 0.873. The molecule has 1 aromatic rings. The van der Waals surface area contributed by atoms with Gasteiger partial charge in [0, 0.05) is 12.5 Å². The first-order valence-corrected chi connectivity index (χ1v) is 5.85.